The van der Waals surface area contributed by atoms with Crippen molar-refractivity contribution in [3.05, 3.63) is 65.2 Å². The Labute approximate surface area is 155 Å². The topological polar surface area (TPSA) is 49.8 Å². The van der Waals surface area contributed by atoms with Gasteiger partial charge in [0.25, 0.3) is 0 Å². The summed E-state index contributed by atoms with van der Waals surface area (Å²) >= 11 is 0. The van der Waals surface area contributed by atoms with Crippen LogP contribution in [0.25, 0.3) is 0 Å². The van der Waals surface area contributed by atoms with Crippen molar-refractivity contribution < 1.29 is 14.6 Å². The van der Waals surface area contributed by atoms with Crippen molar-refractivity contribution in [2.45, 2.75) is 45.2 Å². The third-order valence-corrected chi connectivity index (χ3v) is 5.13. The maximum atomic E-state index is 11.9. The second-order valence-electron chi connectivity index (χ2n) is 6.85. The van der Waals surface area contributed by atoms with E-state index in [0.29, 0.717) is 13.0 Å². The highest BCUT2D eigenvalue weighted by atomic mass is 16.5. The van der Waals surface area contributed by atoms with Gasteiger partial charge in [0.05, 0.1) is 12.6 Å². The van der Waals surface area contributed by atoms with Crippen LogP contribution >= 0.6 is 0 Å². The Hall–Kier alpha value is -2.33. The van der Waals surface area contributed by atoms with Gasteiger partial charge in [0.15, 0.2) is 0 Å². The van der Waals surface area contributed by atoms with E-state index in [1.807, 2.05) is 37.3 Å². The van der Waals surface area contributed by atoms with E-state index in [9.17, 15) is 9.90 Å². The van der Waals surface area contributed by atoms with Gasteiger partial charge in [-0.1, -0.05) is 42.8 Å². The quantitative estimate of drug-likeness (QED) is 0.835. The molecule has 0 spiro atoms. The molecule has 1 fully saturated rings. The lowest BCUT2D eigenvalue weighted by molar-refractivity contribution is -0.145. The Morgan fingerprint density at radius 1 is 1.23 bits per heavy atom. The Bertz CT molecular complexity index is 759. The summed E-state index contributed by atoms with van der Waals surface area (Å²) in [5.74, 6) is 0.0942. The predicted octanol–water partition coefficient (Wildman–Crippen LogP) is 4.42. The number of aliphatic carboxylic acids is 1. The molecular formula is C22H27NO3. The van der Waals surface area contributed by atoms with Gasteiger partial charge in [0.1, 0.15) is 11.8 Å². The van der Waals surface area contributed by atoms with Crippen molar-refractivity contribution in [2.75, 3.05) is 13.2 Å². The van der Waals surface area contributed by atoms with E-state index in [4.69, 9.17) is 4.74 Å². The number of hydrogen-bond acceptors (Lipinski definition) is 3. The summed E-state index contributed by atoms with van der Waals surface area (Å²) in [4.78, 5) is 14.1. The van der Waals surface area contributed by atoms with E-state index in [-0.39, 0.29) is 6.04 Å². The molecule has 0 bridgehead atoms. The average Bonchev–Trinajstić information content (AvgIpc) is 2.64. The fourth-order valence-corrected chi connectivity index (χ4v) is 3.91. The van der Waals surface area contributed by atoms with Gasteiger partial charge in [-0.15, -0.1) is 0 Å². The van der Waals surface area contributed by atoms with Crippen LogP contribution < -0.4 is 4.74 Å². The number of piperidine rings is 1. The summed E-state index contributed by atoms with van der Waals surface area (Å²) < 4.78 is 5.69. The summed E-state index contributed by atoms with van der Waals surface area (Å²) in [6.45, 7) is 5.46. The van der Waals surface area contributed by atoms with Gasteiger partial charge in [-0.2, -0.15) is 0 Å². The van der Waals surface area contributed by atoms with Gasteiger partial charge in [0, 0.05) is 0 Å². The highest BCUT2D eigenvalue weighted by molar-refractivity contribution is 5.73. The molecule has 1 N–H and O–H groups in total. The minimum absolute atomic E-state index is 0.0852. The molecule has 2 aromatic carbocycles. The van der Waals surface area contributed by atoms with Crippen molar-refractivity contribution in [3.8, 4) is 5.75 Å². The Morgan fingerprint density at radius 3 is 2.77 bits per heavy atom. The first-order valence-electron chi connectivity index (χ1n) is 9.38. The molecule has 1 saturated heterocycles. The third kappa shape index (κ3) is 3.91. The molecule has 4 heteroatoms. The highest BCUT2D eigenvalue weighted by Gasteiger charge is 2.35. The van der Waals surface area contributed by atoms with Gasteiger partial charge in [-0.05, 0) is 62.1 Å². The number of rotatable bonds is 6. The zero-order valence-electron chi connectivity index (χ0n) is 15.5. The Morgan fingerprint density at radius 2 is 2.04 bits per heavy atom. The van der Waals surface area contributed by atoms with E-state index in [2.05, 4.69) is 30.0 Å². The molecule has 2 unspecified atom stereocenters. The summed E-state index contributed by atoms with van der Waals surface area (Å²) in [6.07, 6.45) is 2.69. The molecule has 4 nitrogen and oxygen atoms in total. The van der Waals surface area contributed by atoms with Crippen LogP contribution in [0.3, 0.4) is 0 Å². The van der Waals surface area contributed by atoms with Gasteiger partial charge < -0.3 is 9.84 Å². The van der Waals surface area contributed by atoms with E-state index < -0.39 is 12.0 Å². The number of carboxylic acid groups (broad SMARTS) is 1. The summed E-state index contributed by atoms with van der Waals surface area (Å²) in [5.41, 5.74) is 3.42. The lowest BCUT2D eigenvalue weighted by atomic mass is 9.89. The molecule has 0 aromatic heterocycles. The molecule has 138 valence electrons. The van der Waals surface area contributed by atoms with Crippen molar-refractivity contribution in [3.63, 3.8) is 0 Å². The van der Waals surface area contributed by atoms with Crippen molar-refractivity contribution in [1.82, 2.24) is 4.90 Å². The van der Waals surface area contributed by atoms with Crippen LogP contribution in [-0.4, -0.2) is 35.2 Å². The van der Waals surface area contributed by atoms with Crippen LogP contribution in [-0.2, 0) is 4.79 Å². The first-order chi connectivity index (χ1) is 12.6. The minimum atomic E-state index is -0.732. The number of benzene rings is 2. The normalized spacial score (nSPS) is 19.1. The molecule has 0 aliphatic carbocycles. The van der Waals surface area contributed by atoms with E-state index in [0.717, 1.165) is 36.3 Å². The molecule has 3 rings (SSSR count). The smallest absolute Gasteiger partial charge is 0.320 e. The van der Waals surface area contributed by atoms with Crippen LogP contribution in [0.1, 0.15) is 48.9 Å². The number of carbonyl (C=O) groups is 1. The standard InChI is InChI=1S/C22H27NO3/c1-3-26-18-11-8-10-17(15-18)21(19-12-5-4-9-16(19)2)23-14-7-6-13-20(23)22(24)25/h4-5,8-12,15,20-21H,3,6-7,13-14H2,1-2H3,(H,24,25). The number of nitrogens with zero attached hydrogens (tertiary/aromatic N) is 1. The second-order valence-corrected chi connectivity index (χ2v) is 6.85. The number of carboxylic acids is 1. The van der Waals surface area contributed by atoms with Crippen molar-refractivity contribution >= 4 is 5.97 Å². The summed E-state index contributed by atoms with van der Waals surface area (Å²) in [6, 6.07) is 15.8. The molecule has 2 aromatic rings. The molecule has 0 amide bonds. The van der Waals surface area contributed by atoms with E-state index in [1.165, 1.54) is 5.56 Å². The van der Waals surface area contributed by atoms with Gasteiger partial charge in [0.2, 0.25) is 0 Å². The second kappa shape index (κ2) is 8.37. The fourth-order valence-electron chi connectivity index (χ4n) is 3.91. The number of ether oxygens (including phenoxy) is 1. The first kappa shape index (κ1) is 18.5. The van der Waals surface area contributed by atoms with Crippen LogP contribution in [0.5, 0.6) is 5.75 Å². The molecule has 2 atom stereocenters. The lowest BCUT2D eigenvalue weighted by Gasteiger charge is -2.40. The average molecular weight is 353 g/mol. The monoisotopic (exact) mass is 353 g/mol. The molecule has 1 aliphatic rings. The number of aryl methyl sites for hydroxylation is 1. The highest BCUT2D eigenvalue weighted by Crippen LogP contribution is 2.36. The molecule has 0 radical (unpaired) electrons. The molecule has 26 heavy (non-hydrogen) atoms. The van der Waals surface area contributed by atoms with Crippen molar-refractivity contribution in [1.29, 1.82) is 0 Å². The van der Waals surface area contributed by atoms with Crippen LogP contribution in [0.2, 0.25) is 0 Å². The minimum Gasteiger partial charge on any atom is -0.494 e. The fraction of sp³-hybridized carbons (Fsp3) is 0.409. The Balaban J connectivity index is 2.09. The van der Waals surface area contributed by atoms with Crippen LogP contribution in [0.15, 0.2) is 48.5 Å². The molecule has 1 heterocycles. The lowest BCUT2D eigenvalue weighted by Crippen LogP contribution is -2.47. The van der Waals surface area contributed by atoms with Crippen LogP contribution in [0.4, 0.5) is 0 Å². The molecule has 1 aliphatic heterocycles. The zero-order chi connectivity index (χ0) is 18.5. The van der Waals surface area contributed by atoms with Crippen LogP contribution in [0, 0.1) is 6.92 Å². The molecule has 0 saturated carbocycles. The maximum absolute atomic E-state index is 11.9. The maximum Gasteiger partial charge on any atom is 0.320 e. The van der Waals surface area contributed by atoms with Crippen molar-refractivity contribution in [2.24, 2.45) is 0 Å². The van der Waals surface area contributed by atoms with Gasteiger partial charge in [-0.3, -0.25) is 9.69 Å². The molecular weight excluding hydrogens is 326 g/mol. The summed E-state index contributed by atoms with van der Waals surface area (Å²) in [5, 5.41) is 9.79. The van der Waals surface area contributed by atoms with Gasteiger partial charge in [-0.25, -0.2) is 0 Å². The Kier molecular flexibility index (Phi) is 5.94. The predicted molar refractivity (Wildman–Crippen MR) is 103 cm³/mol. The SMILES string of the molecule is CCOc1cccc(C(c2ccccc2C)N2CCCCC2C(=O)O)c1. The largest absolute Gasteiger partial charge is 0.494 e. The van der Waals surface area contributed by atoms with Gasteiger partial charge >= 0.3 is 5.97 Å². The number of likely N-dealkylation sites (tertiary alicyclic amines) is 1. The van der Waals surface area contributed by atoms with E-state index in [1.54, 1.807) is 0 Å². The summed E-state index contributed by atoms with van der Waals surface area (Å²) in [7, 11) is 0. The zero-order valence-corrected chi connectivity index (χ0v) is 15.5. The van der Waals surface area contributed by atoms with E-state index >= 15 is 0 Å². The first-order valence-corrected chi connectivity index (χ1v) is 9.38. The number of hydrogen-bond donors (Lipinski definition) is 1. The third-order valence-electron chi connectivity index (χ3n) is 5.13.